The van der Waals surface area contributed by atoms with Crippen molar-refractivity contribution >= 4 is 54.9 Å². The summed E-state index contributed by atoms with van der Waals surface area (Å²) >= 11 is 8.02. The highest BCUT2D eigenvalue weighted by atomic mass is 32.1. The van der Waals surface area contributed by atoms with Crippen molar-refractivity contribution in [3.63, 3.8) is 0 Å². The number of carboxylic acid groups (broad SMARTS) is 1. The molecule has 0 radical (unpaired) electrons. The zero-order valence-corrected chi connectivity index (χ0v) is 19.2. The molecule has 9 N–H and O–H groups in total. The van der Waals surface area contributed by atoms with E-state index in [1.165, 1.54) is 12.1 Å². The number of benzene rings is 1. The maximum Gasteiger partial charge on any atom is 0.326 e. The molecule has 14 heteroatoms. The first kappa shape index (κ1) is 28.1. The van der Waals surface area contributed by atoms with Gasteiger partial charge in [-0.3, -0.25) is 19.2 Å². The molecule has 0 aliphatic rings. The quantitative estimate of drug-likeness (QED) is 0.132. The van der Waals surface area contributed by atoms with Gasteiger partial charge in [0.15, 0.2) is 0 Å². The monoisotopic (exact) mass is 501 g/mol. The molecule has 0 heterocycles. The molecule has 1 rings (SSSR count). The van der Waals surface area contributed by atoms with E-state index in [0.717, 1.165) is 0 Å². The number of hydrogen-bond acceptors (Lipinski definition) is 9. The van der Waals surface area contributed by atoms with Crippen LogP contribution >= 0.6 is 25.3 Å². The highest BCUT2D eigenvalue weighted by molar-refractivity contribution is 7.80. The number of hydrogen-bond donors (Lipinski definition) is 9. The van der Waals surface area contributed by atoms with Crippen LogP contribution in [0, 0.1) is 0 Å². The van der Waals surface area contributed by atoms with Crippen LogP contribution in [0.2, 0.25) is 0 Å². The number of carbonyl (C=O) groups excluding carboxylic acids is 4. The zero-order valence-electron chi connectivity index (χ0n) is 17.4. The van der Waals surface area contributed by atoms with Crippen LogP contribution in [0.4, 0.5) is 0 Å². The van der Waals surface area contributed by atoms with Gasteiger partial charge in [-0.25, -0.2) is 4.79 Å². The van der Waals surface area contributed by atoms with Crippen LogP contribution in [0.15, 0.2) is 24.3 Å². The van der Waals surface area contributed by atoms with Gasteiger partial charge < -0.3 is 37.6 Å². The summed E-state index contributed by atoms with van der Waals surface area (Å²) in [7, 11) is 0. The Morgan fingerprint density at radius 1 is 0.848 bits per heavy atom. The number of aromatic hydroxyl groups is 1. The number of phenolic OH excluding ortho intramolecular Hbond substituents is 1. The van der Waals surface area contributed by atoms with E-state index >= 15 is 0 Å². The third-order valence-corrected chi connectivity index (χ3v) is 5.11. The van der Waals surface area contributed by atoms with Gasteiger partial charge in [0.05, 0.1) is 12.5 Å². The lowest BCUT2D eigenvalue weighted by Gasteiger charge is -2.23. The normalized spacial score (nSPS) is 14.3. The van der Waals surface area contributed by atoms with Crippen molar-refractivity contribution in [2.24, 2.45) is 11.5 Å². The van der Waals surface area contributed by atoms with Crippen LogP contribution in [-0.2, 0) is 30.4 Å². The molecule has 0 aliphatic carbocycles. The molecule has 0 spiro atoms. The molecule has 0 saturated carbocycles. The fourth-order valence-electron chi connectivity index (χ4n) is 2.59. The second-order valence-electron chi connectivity index (χ2n) is 7.03. The molecular formula is C19H27N5O7S2. The van der Waals surface area contributed by atoms with Gasteiger partial charge in [0.2, 0.25) is 23.6 Å². The van der Waals surface area contributed by atoms with E-state index < -0.39 is 60.2 Å². The number of nitrogens with two attached hydrogens (primary N) is 2. The average Bonchev–Trinajstić information content (AvgIpc) is 2.75. The zero-order chi connectivity index (χ0) is 25.1. The Morgan fingerprint density at radius 2 is 1.30 bits per heavy atom. The minimum atomic E-state index is -1.58. The topological polar surface area (TPSA) is 214 Å². The number of rotatable bonds is 13. The second kappa shape index (κ2) is 13.5. The van der Waals surface area contributed by atoms with Gasteiger partial charge in [-0.05, 0) is 24.1 Å². The lowest BCUT2D eigenvalue weighted by molar-refractivity contribution is -0.143. The molecule has 33 heavy (non-hydrogen) atoms. The highest BCUT2D eigenvalue weighted by Crippen LogP contribution is 2.11. The number of primary amides is 1. The molecule has 12 nitrogen and oxygen atoms in total. The Balaban J connectivity index is 2.72. The van der Waals surface area contributed by atoms with Gasteiger partial charge in [0.25, 0.3) is 0 Å². The number of phenols is 1. The fraction of sp³-hybridized carbons (Fsp3) is 0.421. The molecule has 0 saturated heterocycles. The summed E-state index contributed by atoms with van der Waals surface area (Å²) in [4.78, 5) is 59.5. The Morgan fingerprint density at radius 3 is 1.73 bits per heavy atom. The summed E-state index contributed by atoms with van der Waals surface area (Å²) in [6.07, 6.45) is -0.492. The Labute approximate surface area is 200 Å². The van der Waals surface area contributed by atoms with Gasteiger partial charge >= 0.3 is 5.97 Å². The number of carbonyl (C=O) groups is 5. The van der Waals surface area contributed by atoms with E-state index in [1.54, 1.807) is 12.1 Å². The first-order valence-corrected chi connectivity index (χ1v) is 10.9. The number of thiol groups is 2. The number of amides is 4. The molecule has 1 aromatic carbocycles. The predicted octanol–water partition coefficient (Wildman–Crippen LogP) is -2.46. The lowest BCUT2D eigenvalue weighted by Crippen LogP contribution is -2.58. The maximum atomic E-state index is 12.6. The Kier molecular flexibility index (Phi) is 11.5. The largest absolute Gasteiger partial charge is 0.508 e. The van der Waals surface area contributed by atoms with Gasteiger partial charge in [-0.2, -0.15) is 25.3 Å². The molecule has 4 unspecified atom stereocenters. The summed E-state index contributed by atoms with van der Waals surface area (Å²) in [5.74, 6) is -4.98. The van der Waals surface area contributed by atoms with Crippen molar-refractivity contribution in [3.05, 3.63) is 29.8 Å². The van der Waals surface area contributed by atoms with E-state index in [2.05, 4.69) is 41.2 Å². The minimum Gasteiger partial charge on any atom is -0.508 e. The minimum absolute atomic E-state index is 0.0654. The standard InChI is InChI=1S/C19H27N5O7S2/c20-11(5-9-1-3-10(25)4-2-9)16(27)23-13(7-32)18(29)24-14(8-33)17(28)22-12(19(30)31)6-15(21)26/h1-4,11-14,25,32-33H,5-8,20H2,(H2,21,26)(H,22,28)(H,23,27)(H,24,29)(H,30,31). The predicted molar refractivity (Wildman–Crippen MR) is 125 cm³/mol. The second-order valence-corrected chi connectivity index (χ2v) is 7.76. The highest BCUT2D eigenvalue weighted by Gasteiger charge is 2.29. The summed E-state index contributed by atoms with van der Waals surface area (Å²) in [5, 5.41) is 25.3. The Bertz CT molecular complexity index is 869. The molecule has 4 atom stereocenters. The van der Waals surface area contributed by atoms with Crippen molar-refractivity contribution in [1.82, 2.24) is 16.0 Å². The van der Waals surface area contributed by atoms with Crippen LogP contribution in [0.1, 0.15) is 12.0 Å². The molecule has 0 aliphatic heterocycles. The number of nitrogens with one attached hydrogen (secondary N) is 3. The summed E-state index contributed by atoms with van der Waals surface area (Å²) in [6, 6.07) is 1.11. The van der Waals surface area contributed by atoms with Crippen molar-refractivity contribution in [2.75, 3.05) is 11.5 Å². The van der Waals surface area contributed by atoms with Crippen LogP contribution in [0.5, 0.6) is 5.75 Å². The summed E-state index contributed by atoms with van der Waals surface area (Å²) in [5.41, 5.74) is 11.6. The Hall–Kier alpha value is -2.97. The first-order valence-electron chi connectivity index (χ1n) is 9.65. The van der Waals surface area contributed by atoms with E-state index in [0.29, 0.717) is 5.56 Å². The van der Waals surface area contributed by atoms with Crippen LogP contribution in [0.3, 0.4) is 0 Å². The molecule has 1 aromatic rings. The van der Waals surface area contributed by atoms with E-state index in [-0.39, 0.29) is 23.7 Å². The number of carboxylic acids is 1. The van der Waals surface area contributed by atoms with Crippen LogP contribution in [0.25, 0.3) is 0 Å². The number of aliphatic carboxylic acids is 1. The molecule has 4 amide bonds. The van der Waals surface area contributed by atoms with E-state index in [4.69, 9.17) is 16.6 Å². The van der Waals surface area contributed by atoms with Crippen molar-refractivity contribution < 1.29 is 34.2 Å². The summed E-state index contributed by atoms with van der Waals surface area (Å²) in [6.45, 7) is 0. The molecule has 0 fully saturated rings. The maximum absolute atomic E-state index is 12.6. The SMILES string of the molecule is NC(=O)CC(NC(=O)C(CS)NC(=O)C(CS)NC(=O)C(N)Cc1ccc(O)cc1)C(=O)O. The van der Waals surface area contributed by atoms with Crippen molar-refractivity contribution in [2.45, 2.75) is 37.0 Å². The van der Waals surface area contributed by atoms with Gasteiger partial charge in [-0.1, -0.05) is 12.1 Å². The molecular weight excluding hydrogens is 474 g/mol. The molecule has 0 bridgehead atoms. The smallest absolute Gasteiger partial charge is 0.326 e. The third kappa shape index (κ3) is 9.59. The molecule has 182 valence electrons. The van der Waals surface area contributed by atoms with E-state index in [9.17, 15) is 29.1 Å². The third-order valence-electron chi connectivity index (χ3n) is 4.38. The average molecular weight is 502 g/mol. The van der Waals surface area contributed by atoms with Crippen LogP contribution in [-0.4, -0.2) is 75.5 Å². The van der Waals surface area contributed by atoms with E-state index in [1.807, 2.05) is 0 Å². The lowest BCUT2D eigenvalue weighted by atomic mass is 10.1. The van der Waals surface area contributed by atoms with Gasteiger partial charge in [-0.15, -0.1) is 0 Å². The first-order chi connectivity index (χ1) is 15.5. The van der Waals surface area contributed by atoms with Gasteiger partial charge in [0, 0.05) is 11.5 Å². The fourth-order valence-corrected chi connectivity index (χ4v) is 3.11. The summed E-state index contributed by atoms with van der Waals surface area (Å²) < 4.78 is 0. The van der Waals surface area contributed by atoms with Crippen LogP contribution < -0.4 is 27.4 Å². The van der Waals surface area contributed by atoms with Crippen molar-refractivity contribution in [1.29, 1.82) is 0 Å². The van der Waals surface area contributed by atoms with Gasteiger partial charge in [0.1, 0.15) is 23.9 Å². The van der Waals surface area contributed by atoms with Crippen molar-refractivity contribution in [3.8, 4) is 5.75 Å². The molecule has 0 aromatic heterocycles.